The van der Waals surface area contributed by atoms with Gasteiger partial charge in [0, 0.05) is 11.8 Å². The number of carbonyl (C=O) groups is 1. The molecule has 2 aromatic heterocycles. The second-order valence-corrected chi connectivity index (χ2v) is 3.07. The third-order valence-corrected chi connectivity index (χ3v) is 1.97. The highest BCUT2D eigenvalue weighted by molar-refractivity contribution is 5.86. The number of hydrogen-bond donors (Lipinski definition) is 2. The fraction of sp³-hybridized carbons (Fsp3) is 0. The Morgan fingerprint density at radius 2 is 2.06 bits per heavy atom. The summed E-state index contributed by atoms with van der Waals surface area (Å²) in [5, 5.41) is 8.77. The average Bonchev–Trinajstić information content (AvgIpc) is 2.30. The minimum atomic E-state index is -1.09. The van der Waals surface area contributed by atoms with Gasteiger partial charge in [-0.05, 0) is 18.2 Å². The molecular formula is C10H8N4O2. The number of rotatable bonds is 2. The maximum Gasteiger partial charge on any atom is 0.354 e. The van der Waals surface area contributed by atoms with E-state index in [1.54, 1.807) is 12.1 Å². The van der Waals surface area contributed by atoms with Gasteiger partial charge in [-0.3, -0.25) is 0 Å². The van der Waals surface area contributed by atoms with Crippen LogP contribution in [0.25, 0.3) is 11.3 Å². The highest BCUT2D eigenvalue weighted by Crippen LogP contribution is 2.16. The second-order valence-electron chi connectivity index (χ2n) is 3.07. The molecule has 0 bridgehead atoms. The summed E-state index contributed by atoms with van der Waals surface area (Å²) in [5.41, 5.74) is 6.58. The smallest absolute Gasteiger partial charge is 0.354 e. The molecule has 0 amide bonds. The van der Waals surface area contributed by atoms with E-state index in [9.17, 15) is 4.79 Å². The summed E-state index contributed by atoms with van der Waals surface area (Å²) in [6.45, 7) is 0. The number of anilines is 1. The van der Waals surface area contributed by atoms with Crippen LogP contribution in [0.5, 0.6) is 0 Å². The van der Waals surface area contributed by atoms with Gasteiger partial charge >= 0.3 is 5.97 Å². The van der Waals surface area contributed by atoms with Crippen molar-refractivity contribution in [1.82, 2.24) is 15.0 Å². The molecule has 16 heavy (non-hydrogen) atoms. The first-order valence-electron chi connectivity index (χ1n) is 4.44. The molecule has 6 heteroatoms. The SMILES string of the molecule is Nc1ccc(-c2cc(C(=O)O)ncn2)cn1. The van der Waals surface area contributed by atoms with Gasteiger partial charge in [0.2, 0.25) is 0 Å². The van der Waals surface area contributed by atoms with Crippen molar-refractivity contribution in [3.8, 4) is 11.3 Å². The Kier molecular flexibility index (Phi) is 2.47. The summed E-state index contributed by atoms with van der Waals surface area (Å²) in [6, 6.07) is 4.73. The topological polar surface area (TPSA) is 102 Å². The second kappa shape index (κ2) is 3.93. The van der Waals surface area contributed by atoms with Crippen molar-refractivity contribution in [2.75, 3.05) is 5.73 Å². The van der Waals surface area contributed by atoms with Crippen molar-refractivity contribution >= 4 is 11.8 Å². The molecule has 0 aliphatic heterocycles. The van der Waals surface area contributed by atoms with Crippen molar-refractivity contribution in [1.29, 1.82) is 0 Å². The maximum absolute atomic E-state index is 10.7. The summed E-state index contributed by atoms with van der Waals surface area (Å²) in [5.74, 6) is -0.691. The van der Waals surface area contributed by atoms with E-state index in [-0.39, 0.29) is 5.69 Å². The molecule has 2 aromatic rings. The molecule has 0 aliphatic rings. The zero-order chi connectivity index (χ0) is 11.5. The van der Waals surface area contributed by atoms with Crippen molar-refractivity contribution in [2.45, 2.75) is 0 Å². The Morgan fingerprint density at radius 3 is 2.69 bits per heavy atom. The molecule has 0 unspecified atom stereocenters. The number of nitrogens with two attached hydrogens (primary N) is 1. The van der Waals surface area contributed by atoms with Crippen LogP contribution in [0, 0.1) is 0 Å². The van der Waals surface area contributed by atoms with E-state index in [0.717, 1.165) is 0 Å². The van der Waals surface area contributed by atoms with Crippen molar-refractivity contribution in [2.24, 2.45) is 0 Å². The lowest BCUT2D eigenvalue weighted by atomic mass is 10.2. The number of pyridine rings is 1. The Morgan fingerprint density at radius 1 is 1.25 bits per heavy atom. The lowest BCUT2D eigenvalue weighted by Crippen LogP contribution is -2.01. The van der Waals surface area contributed by atoms with Crippen LogP contribution in [0.15, 0.2) is 30.7 Å². The Bertz CT molecular complexity index is 525. The van der Waals surface area contributed by atoms with Gasteiger partial charge < -0.3 is 10.8 Å². The molecule has 6 nitrogen and oxygen atoms in total. The summed E-state index contributed by atoms with van der Waals surface area (Å²) in [6.07, 6.45) is 2.73. The number of aromatic nitrogens is 3. The minimum Gasteiger partial charge on any atom is -0.477 e. The van der Waals surface area contributed by atoms with Crippen molar-refractivity contribution in [3.63, 3.8) is 0 Å². The molecule has 0 atom stereocenters. The standard InChI is InChI=1S/C10H8N4O2/c11-9-2-1-6(4-12-9)7-3-8(10(15)16)14-5-13-7/h1-5H,(H2,11,12)(H,15,16). The van der Waals surface area contributed by atoms with Gasteiger partial charge in [0.1, 0.15) is 12.1 Å². The van der Waals surface area contributed by atoms with E-state index in [1.165, 1.54) is 18.6 Å². The Hall–Kier alpha value is -2.50. The summed E-state index contributed by atoms with van der Waals surface area (Å²) in [4.78, 5) is 22.2. The summed E-state index contributed by atoms with van der Waals surface area (Å²) < 4.78 is 0. The normalized spacial score (nSPS) is 10.0. The third kappa shape index (κ3) is 1.95. The van der Waals surface area contributed by atoms with Crippen LogP contribution >= 0.6 is 0 Å². The Balaban J connectivity index is 2.44. The van der Waals surface area contributed by atoms with E-state index >= 15 is 0 Å². The Labute approximate surface area is 90.8 Å². The molecule has 2 heterocycles. The number of aromatic carboxylic acids is 1. The molecule has 2 rings (SSSR count). The van der Waals surface area contributed by atoms with Gasteiger partial charge in [0.25, 0.3) is 0 Å². The van der Waals surface area contributed by atoms with Crippen molar-refractivity contribution in [3.05, 3.63) is 36.4 Å². The van der Waals surface area contributed by atoms with Crippen LogP contribution in [0.3, 0.4) is 0 Å². The van der Waals surface area contributed by atoms with E-state index in [0.29, 0.717) is 17.1 Å². The van der Waals surface area contributed by atoms with E-state index in [4.69, 9.17) is 10.8 Å². The van der Waals surface area contributed by atoms with Crippen LogP contribution in [0.4, 0.5) is 5.82 Å². The molecule has 0 radical (unpaired) electrons. The molecule has 3 N–H and O–H groups in total. The quantitative estimate of drug-likeness (QED) is 0.770. The van der Waals surface area contributed by atoms with Crippen LogP contribution in [-0.2, 0) is 0 Å². The lowest BCUT2D eigenvalue weighted by molar-refractivity contribution is 0.0690. The van der Waals surface area contributed by atoms with Crippen LogP contribution in [0.2, 0.25) is 0 Å². The predicted molar refractivity (Wildman–Crippen MR) is 56.6 cm³/mol. The van der Waals surface area contributed by atoms with E-state index in [2.05, 4.69) is 15.0 Å². The van der Waals surface area contributed by atoms with Crippen LogP contribution < -0.4 is 5.73 Å². The number of nitrogen functional groups attached to an aromatic ring is 1. The van der Waals surface area contributed by atoms with Gasteiger partial charge in [-0.25, -0.2) is 19.7 Å². The highest BCUT2D eigenvalue weighted by atomic mass is 16.4. The zero-order valence-corrected chi connectivity index (χ0v) is 8.16. The number of nitrogens with zero attached hydrogens (tertiary/aromatic N) is 3. The van der Waals surface area contributed by atoms with Gasteiger partial charge in [0.15, 0.2) is 5.69 Å². The van der Waals surface area contributed by atoms with Gasteiger partial charge in [-0.2, -0.15) is 0 Å². The molecule has 0 aromatic carbocycles. The minimum absolute atomic E-state index is 0.0539. The van der Waals surface area contributed by atoms with Crippen LogP contribution in [-0.4, -0.2) is 26.0 Å². The molecule has 80 valence electrons. The predicted octanol–water partition coefficient (Wildman–Crippen LogP) is 0.819. The van der Waals surface area contributed by atoms with Crippen molar-refractivity contribution < 1.29 is 9.90 Å². The lowest BCUT2D eigenvalue weighted by Gasteiger charge is -2.01. The average molecular weight is 216 g/mol. The highest BCUT2D eigenvalue weighted by Gasteiger charge is 2.07. The number of carboxylic acids is 1. The zero-order valence-electron chi connectivity index (χ0n) is 8.16. The van der Waals surface area contributed by atoms with E-state index in [1.807, 2.05) is 0 Å². The monoisotopic (exact) mass is 216 g/mol. The van der Waals surface area contributed by atoms with Gasteiger partial charge in [0.05, 0.1) is 5.69 Å². The summed E-state index contributed by atoms with van der Waals surface area (Å²) in [7, 11) is 0. The first-order chi connectivity index (χ1) is 7.66. The van der Waals surface area contributed by atoms with Gasteiger partial charge in [-0.15, -0.1) is 0 Å². The fourth-order valence-electron chi connectivity index (χ4n) is 1.19. The molecule has 0 saturated carbocycles. The number of hydrogen-bond acceptors (Lipinski definition) is 5. The third-order valence-electron chi connectivity index (χ3n) is 1.97. The summed E-state index contributed by atoms with van der Waals surface area (Å²) >= 11 is 0. The van der Waals surface area contributed by atoms with E-state index < -0.39 is 5.97 Å². The maximum atomic E-state index is 10.7. The molecule has 0 fully saturated rings. The first kappa shape index (κ1) is 10.0. The fourth-order valence-corrected chi connectivity index (χ4v) is 1.19. The number of carboxylic acid groups (broad SMARTS) is 1. The molecular weight excluding hydrogens is 208 g/mol. The first-order valence-corrected chi connectivity index (χ1v) is 4.44. The molecule has 0 spiro atoms. The molecule has 0 saturated heterocycles. The molecule has 0 aliphatic carbocycles. The van der Waals surface area contributed by atoms with Gasteiger partial charge in [-0.1, -0.05) is 0 Å². The van der Waals surface area contributed by atoms with Crippen LogP contribution in [0.1, 0.15) is 10.5 Å². The largest absolute Gasteiger partial charge is 0.477 e.